The molecule has 25 heavy (non-hydrogen) atoms. The van der Waals surface area contributed by atoms with Crippen molar-refractivity contribution in [2.45, 2.75) is 26.4 Å². The van der Waals surface area contributed by atoms with Gasteiger partial charge in [-0.3, -0.25) is 9.88 Å². The largest absolute Gasteiger partial charge is 0.497 e. The van der Waals surface area contributed by atoms with Crippen LogP contribution in [0.3, 0.4) is 0 Å². The molecule has 0 aliphatic carbocycles. The van der Waals surface area contributed by atoms with Gasteiger partial charge in [0.05, 0.1) is 12.8 Å². The number of aromatic nitrogens is 1. The van der Waals surface area contributed by atoms with Gasteiger partial charge in [0.2, 0.25) is 0 Å². The normalized spacial score (nSPS) is 11.2. The Balaban J connectivity index is 1.87. The summed E-state index contributed by atoms with van der Waals surface area (Å²) >= 11 is 0. The Bertz CT molecular complexity index is 934. The minimum Gasteiger partial charge on any atom is -0.497 e. The fourth-order valence-electron chi connectivity index (χ4n) is 2.92. The molecule has 0 unspecified atom stereocenters. The minimum absolute atomic E-state index is 0.320. The molecular weight excluding hydrogens is 316 g/mol. The van der Waals surface area contributed by atoms with E-state index >= 15 is 0 Å². The van der Waals surface area contributed by atoms with E-state index in [-0.39, 0.29) is 5.63 Å². The number of pyridine rings is 1. The summed E-state index contributed by atoms with van der Waals surface area (Å²) in [5.41, 5.74) is 3.42. The van der Waals surface area contributed by atoms with Crippen LogP contribution < -0.4 is 10.4 Å². The second-order valence-corrected chi connectivity index (χ2v) is 6.13. The first kappa shape index (κ1) is 17.2. The number of hydrogen-bond acceptors (Lipinski definition) is 5. The maximum absolute atomic E-state index is 11.9. The predicted molar refractivity (Wildman–Crippen MR) is 97.8 cm³/mol. The SMILES string of the molecule is CCc1ccc2oc(=O)cc(CN(C)Cc3cc(OC)ccn3)c2c1. The Morgan fingerprint density at radius 2 is 2.00 bits per heavy atom. The van der Waals surface area contributed by atoms with E-state index in [0.29, 0.717) is 18.7 Å². The van der Waals surface area contributed by atoms with Gasteiger partial charge in [-0.15, -0.1) is 0 Å². The molecule has 0 atom stereocenters. The summed E-state index contributed by atoms with van der Waals surface area (Å²) in [7, 11) is 3.65. The van der Waals surface area contributed by atoms with Crippen molar-refractivity contribution in [3.05, 3.63) is 69.8 Å². The summed E-state index contributed by atoms with van der Waals surface area (Å²) in [6.07, 6.45) is 2.68. The van der Waals surface area contributed by atoms with Crippen LogP contribution in [0.2, 0.25) is 0 Å². The molecule has 0 bridgehead atoms. The summed E-state index contributed by atoms with van der Waals surface area (Å²) < 4.78 is 10.6. The summed E-state index contributed by atoms with van der Waals surface area (Å²) in [5.74, 6) is 0.789. The molecule has 0 amide bonds. The standard InChI is InChI=1S/C20H22N2O3/c1-4-14-5-6-19-18(9-14)15(10-20(23)25-19)12-22(2)13-16-11-17(24-3)7-8-21-16/h5-11H,4,12-13H2,1-3H3. The molecule has 2 aromatic heterocycles. The van der Waals surface area contributed by atoms with Crippen molar-refractivity contribution in [2.75, 3.05) is 14.2 Å². The van der Waals surface area contributed by atoms with Gasteiger partial charge < -0.3 is 9.15 Å². The number of fused-ring (bicyclic) bond motifs is 1. The molecule has 0 saturated heterocycles. The van der Waals surface area contributed by atoms with Gasteiger partial charge in [0.15, 0.2) is 0 Å². The van der Waals surface area contributed by atoms with E-state index in [1.54, 1.807) is 19.4 Å². The van der Waals surface area contributed by atoms with E-state index in [2.05, 4.69) is 22.9 Å². The van der Waals surface area contributed by atoms with Gasteiger partial charge in [-0.1, -0.05) is 13.0 Å². The Hall–Kier alpha value is -2.66. The first-order chi connectivity index (χ1) is 12.1. The lowest BCUT2D eigenvalue weighted by molar-refractivity contribution is 0.314. The van der Waals surface area contributed by atoms with Crippen LogP contribution in [-0.2, 0) is 19.5 Å². The van der Waals surface area contributed by atoms with Crippen LogP contribution in [0.15, 0.2) is 51.8 Å². The van der Waals surface area contributed by atoms with Crippen molar-refractivity contribution >= 4 is 11.0 Å². The van der Waals surface area contributed by atoms with Crippen molar-refractivity contribution in [3.63, 3.8) is 0 Å². The molecule has 2 heterocycles. The Kier molecular flexibility index (Phi) is 5.14. The van der Waals surface area contributed by atoms with Gasteiger partial charge in [-0.05, 0) is 42.8 Å². The van der Waals surface area contributed by atoms with Crippen molar-refractivity contribution < 1.29 is 9.15 Å². The molecule has 0 aliphatic rings. The van der Waals surface area contributed by atoms with Gasteiger partial charge in [-0.2, -0.15) is 0 Å². The number of nitrogens with zero attached hydrogens (tertiary/aromatic N) is 2. The van der Waals surface area contributed by atoms with Crippen LogP contribution in [0.25, 0.3) is 11.0 Å². The highest BCUT2D eigenvalue weighted by molar-refractivity contribution is 5.80. The summed E-state index contributed by atoms with van der Waals surface area (Å²) in [5, 5.41) is 0.990. The summed E-state index contributed by atoms with van der Waals surface area (Å²) in [4.78, 5) is 18.4. The molecule has 5 heteroatoms. The topological polar surface area (TPSA) is 55.6 Å². The molecular formula is C20H22N2O3. The van der Waals surface area contributed by atoms with Crippen LogP contribution in [0.5, 0.6) is 5.75 Å². The minimum atomic E-state index is -0.320. The quantitative estimate of drug-likeness (QED) is 0.645. The number of rotatable bonds is 6. The van der Waals surface area contributed by atoms with Gasteiger partial charge in [0.25, 0.3) is 0 Å². The van der Waals surface area contributed by atoms with Crippen LogP contribution in [0, 0.1) is 0 Å². The Morgan fingerprint density at radius 1 is 1.16 bits per heavy atom. The molecule has 0 aliphatic heterocycles. The maximum atomic E-state index is 11.9. The van der Waals surface area contributed by atoms with E-state index in [1.807, 2.05) is 31.3 Å². The highest BCUT2D eigenvalue weighted by atomic mass is 16.5. The van der Waals surface area contributed by atoms with Crippen LogP contribution in [0.1, 0.15) is 23.7 Å². The van der Waals surface area contributed by atoms with Crippen molar-refractivity contribution in [1.82, 2.24) is 9.88 Å². The van der Waals surface area contributed by atoms with Crippen LogP contribution in [0.4, 0.5) is 0 Å². The van der Waals surface area contributed by atoms with Crippen LogP contribution in [-0.4, -0.2) is 24.0 Å². The molecule has 130 valence electrons. The second-order valence-electron chi connectivity index (χ2n) is 6.13. The zero-order valence-electron chi connectivity index (χ0n) is 14.8. The van der Waals surface area contributed by atoms with Gasteiger partial charge >= 0.3 is 5.63 Å². The number of methoxy groups -OCH3 is 1. The third-order valence-corrected chi connectivity index (χ3v) is 4.20. The molecule has 0 spiro atoms. The second kappa shape index (κ2) is 7.49. The molecule has 0 saturated carbocycles. The van der Waals surface area contributed by atoms with Crippen molar-refractivity contribution in [1.29, 1.82) is 0 Å². The smallest absolute Gasteiger partial charge is 0.336 e. The molecule has 0 N–H and O–H groups in total. The van der Waals surface area contributed by atoms with E-state index in [0.717, 1.165) is 28.8 Å². The average molecular weight is 338 g/mol. The zero-order chi connectivity index (χ0) is 17.8. The van der Waals surface area contributed by atoms with E-state index < -0.39 is 0 Å². The highest BCUT2D eigenvalue weighted by Crippen LogP contribution is 2.21. The summed E-state index contributed by atoms with van der Waals surface area (Å²) in [6.45, 7) is 3.40. The highest BCUT2D eigenvalue weighted by Gasteiger charge is 2.10. The lowest BCUT2D eigenvalue weighted by atomic mass is 10.1. The Labute approximate surface area is 146 Å². The first-order valence-electron chi connectivity index (χ1n) is 8.32. The number of hydrogen-bond donors (Lipinski definition) is 0. The van der Waals surface area contributed by atoms with Crippen molar-refractivity contribution in [3.8, 4) is 5.75 Å². The fourth-order valence-corrected chi connectivity index (χ4v) is 2.92. The molecule has 3 rings (SSSR count). The fraction of sp³-hybridized carbons (Fsp3) is 0.300. The number of benzene rings is 1. The maximum Gasteiger partial charge on any atom is 0.336 e. The van der Waals surface area contributed by atoms with E-state index in [1.165, 1.54) is 5.56 Å². The number of ether oxygens (including phenoxy) is 1. The molecule has 1 aromatic carbocycles. The lowest BCUT2D eigenvalue weighted by Crippen LogP contribution is -2.19. The van der Waals surface area contributed by atoms with Crippen molar-refractivity contribution in [2.24, 2.45) is 0 Å². The van der Waals surface area contributed by atoms with E-state index in [4.69, 9.17) is 9.15 Å². The number of aryl methyl sites for hydroxylation is 1. The summed E-state index contributed by atoms with van der Waals surface area (Å²) in [6, 6.07) is 11.3. The zero-order valence-corrected chi connectivity index (χ0v) is 14.8. The molecule has 0 radical (unpaired) electrons. The third-order valence-electron chi connectivity index (χ3n) is 4.20. The van der Waals surface area contributed by atoms with Crippen LogP contribution >= 0.6 is 0 Å². The molecule has 5 nitrogen and oxygen atoms in total. The Morgan fingerprint density at radius 3 is 2.76 bits per heavy atom. The average Bonchev–Trinajstić information content (AvgIpc) is 2.61. The lowest BCUT2D eigenvalue weighted by Gasteiger charge is -2.17. The monoisotopic (exact) mass is 338 g/mol. The van der Waals surface area contributed by atoms with E-state index in [9.17, 15) is 4.79 Å². The van der Waals surface area contributed by atoms with Gasteiger partial charge in [0.1, 0.15) is 11.3 Å². The van der Waals surface area contributed by atoms with Gasteiger partial charge in [-0.25, -0.2) is 4.79 Å². The predicted octanol–water partition coefficient (Wildman–Crippen LogP) is 3.39. The van der Waals surface area contributed by atoms with Gasteiger partial charge in [0, 0.05) is 36.8 Å². The third kappa shape index (κ3) is 4.06. The first-order valence-corrected chi connectivity index (χ1v) is 8.32. The molecule has 0 fully saturated rings. The molecule has 3 aromatic rings.